The summed E-state index contributed by atoms with van der Waals surface area (Å²) < 4.78 is 41.0. The zero-order valence-corrected chi connectivity index (χ0v) is 36.4. The van der Waals surface area contributed by atoms with E-state index in [1.807, 2.05) is 42.5 Å². The molecule has 15 heteroatoms. The number of methoxy groups -OCH3 is 1. The summed E-state index contributed by atoms with van der Waals surface area (Å²) in [5.74, 6) is -1.74. The highest BCUT2D eigenvalue weighted by atomic mass is 32.2. The van der Waals surface area contributed by atoms with Crippen LogP contribution in [-0.4, -0.2) is 89.4 Å². The first kappa shape index (κ1) is 45.1. The third-order valence-electron chi connectivity index (χ3n) is 12.3. The van der Waals surface area contributed by atoms with Gasteiger partial charge in [0.25, 0.3) is 5.91 Å². The first-order chi connectivity index (χ1) is 29.0. The van der Waals surface area contributed by atoms with Crippen LogP contribution < -0.4 is 24.8 Å². The van der Waals surface area contributed by atoms with Gasteiger partial charge >= 0.3 is 6.09 Å². The molecule has 328 valence electrons. The molecule has 61 heavy (non-hydrogen) atoms. The van der Waals surface area contributed by atoms with Gasteiger partial charge in [-0.05, 0) is 56.1 Å². The number of hydrogen-bond donors (Lipinski definition) is 4. The second kappa shape index (κ2) is 18.3. The van der Waals surface area contributed by atoms with Crippen molar-refractivity contribution in [2.24, 2.45) is 11.3 Å². The number of fused-ring (bicyclic) bond motifs is 1. The number of rotatable bonds is 20. The Morgan fingerprint density at radius 3 is 2.34 bits per heavy atom. The van der Waals surface area contributed by atoms with Gasteiger partial charge in [0.2, 0.25) is 21.8 Å². The molecule has 4 amide bonds. The number of sulfonamides is 1. The number of nitrogens with zero attached hydrogens (tertiary/aromatic N) is 2. The average Bonchev–Trinajstić information content (AvgIpc) is 4.13. The molecular formula is C46H59N5O9S. The van der Waals surface area contributed by atoms with Crippen LogP contribution in [0.15, 0.2) is 79.9 Å². The molecule has 1 aliphatic heterocycles. The van der Waals surface area contributed by atoms with Gasteiger partial charge in [0.1, 0.15) is 35.2 Å². The molecule has 14 nitrogen and oxygen atoms in total. The molecule has 2 aliphatic carbocycles. The summed E-state index contributed by atoms with van der Waals surface area (Å²) in [4.78, 5) is 61.2. The summed E-state index contributed by atoms with van der Waals surface area (Å²) in [5.41, 5.74) is -0.471. The lowest BCUT2D eigenvalue weighted by Crippen LogP contribution is -2.60. The van der Waals surface area contributed by atoms with Crippen LogP contribution >= 0.6 is 0 Å². The zero-order valence-electron chi connectivity index (χ0n) is 35.6. The highest BCUT2D eigenvalue weighted by molar-refractivity contribution is 7.91. The van der Waals surface area contributed by atoms with Crippen LogP contribution in [0.4, 0.5) is 4.79 Å². The molecule has 3 aromatic rings. The smallest absolute Gasteiger partial charge is 0.405 e. The number of carboxylic acid groups (broad SMARTS) is 1. The van der Waals surface area contributed by atoms with E-state index >= 15 is 0 Å². The quantitative estimate of drug-likeness (QED) is 0.0687. The fourth-order valence-electron chi connectivity index (χ4n) is 8.37. The number of amides is 4. The molecule has 3 aliphatic rings. The van der Waals surface area contributed by atoms with E-state index in [1.54, 1.807) is 46.1 Å². The van der Waals surface area contributed by atoms with Crippen molar-refractivity contribution in [3.05, 3.63) is 79.9 Å². The molecule has 0 spiro atoms. The maximum atomic E-state index is 14.5. The highest BCUT2D eigenvalue weighted by Gasteiger charge is 2.63. The highest BCUT2D eigenvalue weighted by Crippen LogP contribution is 2.49. The van der Waals surface area contributed by atoms with Crippen molar-refractivity contribution in [2.45, 2.75) is 120 Å². The molecule has 5 unspecified atom stereocenters. The van der Waals surface area contributed by atoms with E-state index in [-0.39, 0.29) is 19.4 Å². The summed E-state index contributed by atoms with van der Waals surface area (Å²) in [6.07, 6.45) is 8.30. The lowest BCUT2D eigenvalue weighted by atomic mass is 9.85. The number of ether oxygens (including phenoxy) is 2. The van der Waals surface area contributed by atoms with Gasteiger partial charge in [0.15, 0.2) is 0 Å². The molecule has 4 N–H and O–H groups in total. The first-order valence-corrected chi connectivity index (χ1v) is 22.6. The van der Waals surface area contributed by atoms with Crippen LogP contribution in [0.5, 0.6) is 11.5 Å². The molecule has 6 rings (SSSR count). The molecule has 5 atom stereocenters. The van der Waals surface area contributed by atoms with Gasteiger partial charge in [-0.25, -0.2) is 18.2 Å². The van der Waals surface area contributed by atoms with E-state index < -0.39 is 73.6 Å². The monoisotopic (exact) mass is 857 g/mol. The molecule has 3 fully saturated rings. The van der Waals surface area contributed by atoms with Crippen molar-refractivity contribution >= 4 is 44.7 Å². The summed E-state index contributed by atoms with van der Waals surface area (Å²) in [6, 6.07) is 14.2. The molecule has 1 aromatic heterocycles. The normalized spacial score (nSPS) is 22.1. The number of pyridine rings is 1. The predicted molar refractivity (Wildman–Crippen MR) is 233 cm³/mol. The second-order valence-electron chi connectivity index (χ2n) is 17.7. The van der Waals surface area contributed by atoms with Crippen molar-refractivity contribution in [2.75, 3.05) is 13.7 Å². The minimum atomic E-state index is -4.09. The van der Waals surface area contributed by atoms with Crippen LogP contribution in [-0.2, 0) is 24.4 Å². The second-order valence-corrected chi connectivity index (χ2v) is 19.8. The Morgan fingerprint density at radius 1 is 1.02 bits per heavy atom. The Labute approximate surface area is 358 Å². The number of hydrogen-bond acceptors (Lipinski definition) is 9. The Bertz CT molecular complexity index is 2260. The lowest BCUT2D eigenvalue weighted by molar-refractivity contribution is -0.142. The molecule has 1 saturated heterocycles. The Kier molecular flexibility index (Phi) is 13.5. The molecule has 2 saturated carbocycles. The van der Waals surface area contributed by atoms with Crippen molar-refractivity contribution in [3.8, 4) is 22.8 Å². The summed E-state index contributed by atoms with van der Waals surface area (Å²) >= 11 is 0. The standard InChI is InChI=1S/C46H59N5O9S/c1-7-9-10-11-12-13-17-22-45(23-24-45)61(57,58)50-42(54)46(28-31(46)8-2)49-40(52)37-26-33(29-51(37)41(53)39(44(3,4)5)48-43(55)56)60-38-27-35(30-18-15-14-16-19-30)47-36-25-32(59-6)20-21-34(36)38/h7-8,14-16,18-21,25,27,31,33,37,39,48H,1-2,9-13,17,22-24,26,28-29H2,3-6H3,(H,49,52)(H,50,54)(H,55,56). The van der Waals surface area contributed by atoms with Crippen molar-refractivity contribution in [3.63, 3.8) is 0 Å². The van der Waals surface area contributed by atoms with Gasteiger partial charge in [-0.2, -0.15) is 0 Å². The zero-order chi connectivity index (χ0) is 44.2. The van der Waals surface area contributed by atoms with Crippen molar-refractivity contribution in [1.82, 2.24) is 25.2 Å². The number of aromatic nitrogens is 1. The number of allylic oxidation sites excluding steroid dienone is 1. The number of carbonyl (C=O) groups is 4. The van der Waals surface area contributed by atoms with E-state index in [1.165, 1.54) is 11.0 Å². The maximum absolute atomic E-state index is 14.5. The van der Waals surface area contributed by atoms with Gasteiger partial charge in [0, 0.05) is 35.4 Å². The van der Waals surface area contributed by atoms with Crippen LogP contribution in [0.25, 0.3) is 22.2 Å². The van der Waals surface area contributed by atoms with E-state index in [9.17, 15) is 32.7 Å². The summed E-state index contributed by atoms with van der Waals surface area (Å²) in [5, 5.41) is 15.6. The third kappa shape index (κ3) is 10.0. The molecule has 2 aromatic carbocycles. The Hall–Kier alpha value is -5.44. The lowest BCUT2D eigenvalue weighted by Gasteiger charge is -2.35. The van der Waals surface area contributed by atoms with Crippen LogP contribution in [0.3, 0.4) is 0 Å². The maximum Gasteiger partial charge on any atom is 0.405 e. The fraction of sp³-hybridized carbons (Fsp3) is 0.500. The fourth-order valence-corrected chi connectivity index (χ4v) is 10.1. The molecule has 0 radical (unpaired) electrons. The number of unbranched alkanes of at least 4 members (excludes halogenated alkanes) is 5. The minimum Gasteiger partial charge on any atom is -0.497 e. The van der Waals surface area contributed by atoms with E-state index in [2.05, 4.69) is 28.5 Å². The molecular weight excluding hydrogens is 799 g/mol. The number of nitrogens with one attached hydrogen (secondary N) is 3. The van der Waals surface area contributed by atoms with Gasteiger partial charge in [-0.15, -0.1) is 13.2 Å². The SMILES string of the molecule is C=CCCCCCCCC1(S(=O)(=O)NC(=O)C2(NC(=O)C3CC(Oc4cc(-c5ccccc5)nc5cc(OC)ccc45)CN3C(=O)C(NC(=O)O)C(C)(C)C)CC2C=C)CC1. The first-order valence-electron chi connectivity index (χ1n) is 21.1. The molecule has 0 bridgehead atoms. The van der Waals surface area contributed by atoms with Crippen molar-refractivity contribution in [1.29, 1.82) is 0 Å². The van der Waals surface area contributed by atoms with E-state index in [0.29, 0.717) is 47.4 Å². The van der Waals surface area contributed by atoms with Crippen molar-refractivity contribution < 1.29 is 42.2 Å². The number of likely N-dealkylation sites (tertiary alicyclic amines) is 1. The van der Waals surface area contributed by atoms with E-state index in [4.69, 9.17) is 14.5 Å². The topological polar surface area (TPSA) is 193 Å². The van der Waals surface area contributed by atoms with Crippen LogP contribution in [0.2, 0.25) is 0 Å². The average molecular weight is 858 g/mol. The van der Waals surface area contributed by atoms with Gasteiger partial charge in [0.05, 0.1) is 29.6 Å². The largest absolute Gasteiger partial charge is 0.497 e. The Morgan fingerprint density at radius 2 is 1.72 bits per heavy atom. The number of benzene rings is 2. The molecule has 2 heterocycles. The van der Waals surface area contributed by atoms with Crippen LogP contribution in [0.1, 0.15) is 91.4 Å². The summed E-state index contributed by atoms with van der Waals surface area (Å²) in [6.45, 7) is 12.6. The van der Waals surface area contributed by atoms with Gasteiger partial charge in [-0.3, -0.25) is 19.1 Å². The predicted octanol–water partition coefficient (Wildman–Crippen LogP) is 6.90. The van der Waals surface area contributed by atoms with E-state index in [0.717, 1.165) is 44.1 Å². The van der Waals surface area contributed by atoms with Gasteiger partial charge in [-0.1, -0.05) is 88.9 Å². The third-order valence-corrected chi connectivity index (χ3v) is 14.5. The van der Waals surface area contributed by atoms with Gasteiger partial charge < -0.3 is 30.1 Å². The van der Waals surface area contributed by atoms with Crippen LogP contribution in [0, 0.1) is 11.3 Å². The number of carbonyl (C=O) groups excluding carboxylic acids is 3. The summed E-state index contributed by atoms with van der Waals surface area (Å²) in [7, 11) is -2.53. The Balaban J connectivity index is 1.26. The minimum absolute atomic E-state index is 0.0202.